The molecular formula is C17H13N5O2. The summed E-state index contributed by atoms with van der Waals surface area (Å²) in [5.74, 6) is 1.10. The van der Waals surface area contributed by atoms with E-state index in [-0.39, 0.29) is 5.65 Å². The molecule has 4 rings (SSSR count). The van der Waals surface area contributed by atoms with Crippen LogP contribution in [-0.2, 0) is 6.61 Å². The lowest BCUT2D eigenvalue weighted by Crippen LogP contribution is -2.00. The van der Waals surface area contributed by atoms with E-state index in [2.05, 4.69) is 20.3 Å². The second-order valence-corrected chi connectivity index (χ2v) is 5.15. The van der Waals surface area contributed by atoms with Gasteiger partial charge in [-0.2, -0.15) is 0 Å². The summed E-state index contributed by atoms with van der Waals surface area (Å²) in [7, 11) is 0. The van der Waals surface area contributed by atoms with E-state index >= 15 is 0 Å². The highest BCUT2D eigenvalue weighted by Gasteiger charge is 2.12. The van der Waals surface area contributed by atoms with Crippen molar-refractivity contribution in [2.24, 2.45) is 0 Å². The molecule has 7 nitrogen and oxygen atoms in total. The Labute approximate surface area is 137 Å². The monoisotopic (exact) mass is 319 g/mol. The van der Waals surface area contributed by atoms with Crippen molar-refractivity contribution < 1.29 is 9.94 Å². The predicted molar refractivity (Wildman–Crippen MR) is 86.5 cm³/mol. The third-order valence-corrected chi connectivity index (χ3v) is 3.54. The first-order chi connectivity index (χ1) is 11.8. The van der Waals surface area contributed by atoms with Crippen molar-refractivity contribution in [1.82, 2.24) is 25.1 Å². The van der Waals surface area contributed by atoms with Crippen molar-refractivity contribution in [1.29, 1.82) is 0 Å². The lowest BCUT2D eigenvalue weighted by molar-refractivity contribution is 0.153. The summed E-state index contributed by atoms with van der Waals surface area (Å²) < 4.78 is 5.92. The minimum absolute atomic E-state index is 0.248. The number of hydrogen-bond donors (Lipinski definition) is 1. The predicted octanol–water partition coefficient (Wildman–Crippen LogP) is 2.70. The Kier molecular flexibility index (Phi) is 3.51. The number of rotatable bonds is 4. The van der Waals surface area contributed by atoms with Gasteiger partial charge < -0.3 is 9.94 Å². The van der Waals surface area contributed by atoms with E-state index in [1.54, 1.807) is 0 Å². The molecule has 0 saturated carbocycles. The molecule has 0 bridgehead atoms. The standard InChI is InChI=1S/C17H13N5O2/c23-22-17-14(20-21-22)10-18-16(19-17)13-8-4-5-9-15(13)24-11-12-6-2-1-3-7-12/h1-10,23H,11H2. The molecule has 2 heterocycles. The first-order valence-electron chi connectivity index (χ1n) is 7.35. The summed E-state index contributed by atoms with van der Waals surface area (Å²) in [6.45, 7) is 0.444. The Bertz CT molecular complexity index is 985. The van der Waals surface area contributed by atoms with Crippen LogP contribution in [0.15, 0.2) is 60.8 Å². The molecule has 7 heteroatoms. The van der Waals surface area contributed by atoms with Crippen molar-refractivity contribution in [2.75, 3.05) is 0 Å². The fourth-order valence-electron chi connectivity index (χ4n) is 2.36. The largest absolute Gasteiger partial charge is 0.488 e. The zero-order chi connectivity index (χ0) is 16.4. The molecule has 0 aliphatic heterocycles. The number of fused-ring (bicyclic) bond motifs is 1. The van der Waals surface area contributed by atoms with E-state index < -0.39 is 0 Å². The molecule has 0 aliphatic carbocycles. The number of benzene rings is 2. The first-order valence-corrected chi connectivity index (χ1v) is 7.35. The molecule has 0 unspecified atom stereocenters. The zero-order valence-corrected chi connectivity index (χ0v) is 12.6. The smallest absolute Gasteiger partial charge is 0.223 e. The highest BCUT2D eigenvalue weighted by atomic mass is 16.5. The Balaban J connectivity index is 1.68. The van der Waals surface area contributed by atoms with Gasteiger partial charge in [-0.1, -0.05) is 47.3 Å². The van der Waals surface area contributed by atoms with Crippen molar-refractivity contribution in [3.05, 3.63) is 66.4 Å². The van der Waals surface area contributed by atoms with Crippen LogP contribution >= 0.6 is 0 Å². The summed E-state index contributed by atoms with van der Waals surface area (Å²) in [5, 5.41) is 16.9. The fourth-order valence-corrected chi connectivity index (χ4v) is 2.36. The maximum atomic E-state index is 9.63. The van der Waals surface area contributed by atoms with Crippen molar-refractivity contribution >= 4 is 11.2 Å². The van der Waals surface area contributed by atoms with E-state index in [1.807, 2.05) is 54.6 Å². The quantitative estimate of drug-likeness (QED) is 0.582. The van der Waals surface area contributed by atoms with Gasteiger partial charge in [0.2, 0.25) is 5.65 Å². The number of para-hydroxylation sites is 1. The van der Waals surface area contributed by atoms with Crippen LogP contribution in [0, 0.1) is 0 Å². The van der Waals surface area contributed by atoms with Gasteiger partial charge in [0.05, 0.1) is 11.8 Å². The molecule has 1 N–H and O–H groups in total. The minimum Gasteiger partial charge on any atom is -0.488 e. The van der Waals surface area contributed by atoms with E-state index in [9.17, 15) is 5.21 Å². The molecule has 0 aliphatic rings. The maximum Gasteiger partial charge on any atom is 0.223 e. The van der Waals surface area contributed by atoms with Gasteiger partial charge in [0.15, 0.2) is 11.3 Å². The van der Waals surface area contributed by atoms with Gasteiger partial charge in [0, 0.05) is 0 Å². The van der Waals surface area contributed by atoms with Crippen molar-refractivity contribution in [3.63, 3.8) is 0 Å². The first kappa shape index (κ1) is 14.1. The maximum absolute atomic E-state index is 9.63. The van der Waals surface area contributed by atoms with Crippen LogP contribution in [0.4, 0.5) is 0 Å². The van der Waals surface area contributed by atoms with Crippen LogP contribution in [0.1, 0.15) is 5.56 Å². The van der Waals surface area contributed by atoms with E-state index in [1.165, 1.54) is 6.20 Å². The second-order valence-electron chi connectivity index (χ2n) is 5.15. The number of ether oxygens (including phenoxy) is 1. The molecular weight excluding hydrogens is 306 g/mol. The van der Waals surface area contributed by atoms with Crippen molar-refractivity contribution in [3.8, 4) is 17.1 Å². The lowest BCUT2D eigenvalue weighted by atomic mass is 10.2. The number of nitrogens with zero attached hydrogens (tertiary/aromatic N) is 5. The van der Waals surface area contributed by atoms with Crippen LogP contribution in [0.25, 0.3) is 22.6 Å². The molecule has 0 radical (unpaired) electrons. The Morgan fingerprint density at radius 3 is 2.67 bits per heavy atom. The summed E-state index contributed by atoms with van der Waals surface area (Å²) in [6.07, 6.45) is 1.52. The molecule has 2 aromatic heterocycles. The zero-order valence-electron chi connectivity index (χ0n) is 12.6. The van der Waals surface area contributed by atoms with Crippen LogP contribution < -0.4 is 4.74 Å². The van der Waals surface area contributed by atoms with Gasteiger partial charge in [-0.3, -0.25) is 0 Å². The van der Waals surface area contributed by atoms with Gasteiger partial charge in [-0.15, -0.1) is 5.10 Å². The van der Waals surface area contributed by atoms with Gasteiger partial charge >= 0.3 is 0 Å². The molecule has 0 spiro atoms. The Hall–Kier alpha value is -3.48. The summed E-state index contributed by atoms with van der Waals surface area (Å²) in [6, 6.07) is 17.4. The van der Waals surface area contributed by atoms with E-state index in [0.29, 0.717) is 28.5 Å². The van der Waals surface area contributed by atoms with Gasteiger partial charge in [0.25, 0.3) is 0 Å². The van der Waals surface area contributed by atoms with Crippen molar-refractivity contribution in [2.45, 2.75) is 6.61 Å². The minimum atomic E-state index is 0.248. The van der Waals surface area contributed by atoms with Gasteiger partial charge in [0.1, 0.15) is 12.4 Å². The van der Waals surface area contributed by atoms with Gasteiger partial charge in [-0.25, -0.2) is 9.97 Å². The second kappa shape index (κ2) is 5.96. The topological polar surface area (TPSA) is 86.0 Å². The molecule has 24 heavy (non-hydrogen) atoms. The van der Waals surface area contributed by atoms with Crippen LogP contribution in [0.2, 0.25) is 0 Å². The summed E-state index contributed by atoms with van der Waals surface area (Å²) >= 11 is 0. The molecule has 0 saturated heterocycles. The molecule has 118 valence electrons. The Morgan fingerprint density at radius 1 is 1.00 bits per heavy atom. The Morgan fingerprint density at radius 2 is 1.79 bits per heavy atom. The SMILES string of the molecule is On1nnc2cnc(-c3ccccc3OCc3ccccc3)nc21. The molecule has 0 amide bonds. The summed E-state index contributed by atoms with van der Waals surface area (Å²) in [5.41, 5.74) is 2.47. The lowest BCUT2D eigenvalue weighted by Gasteiger charge is -2.10. The van der Waals surface area contributed by atoms with Crippen LogP contribution in [0.5, 0.6) is 5.75 Å². The van der Waals surface area contributed by atoms with Gasteiger partial charge in [-0.05, 0) is 22.9 Å². The fraction of sp³-hybridized carbons (Fsp3) is 0.0588. The normalized spacial score (nSPS) is 10.8. The average Bonchev–Trinajstić information content (AvgIpc) is 3.02. The molecule has 0 atom stereocenters. The molecule has 4 aromatic rings. The highest BCUT2D eigenvalue weighted by Crippen LogP contribution is 2.28. The third-order valence-electron chi connectivity index (χ3n) is 3.54. The van der Waals surface area contributed by atoms with Crippen LogP contribution in [-0.4, -0.2) is 30.3 Å². The molecule has 2 aromatic carbocycles. The van der Waals surface area contributed by atoms with E-state index in [4.69, 9.17) is 4.74 Å². The number of hydrogen-bond acceptors (Lipinski definition) is 6. The highest BCUT2D eigenvalue weighted by molar-refractivity contribution is 5.73. The van der Waals surface area contributed by atoms with Crippen LogP contribution in [0.3, 0.4) is 0 Å². The number of aromatic nitrogens is 5. The molecule has 0 fully saturated rings. The van der Waals surface area contributed by atoms with E-state index in [0.717, 1.165) is 11.1 Å². The summed E-state index contributed by atoms with van der Waals surface area (Å²) in [4.78, 5) is 9.24. The third kappa shape index (κ3) is 2.63. The average molecular weight is 319 g/mol.